The number of nitrogens with one attached hydrogen (secondary N) is 2. The zero-order valence-corrected chi connectivity index (χ0v) is 23.6. The Bertz CT molecular complexity index is 1440. The van der Waals surface area contributed by atoms with Crippen molar-refractivity contribution in [2.45, 2.75) is 69.2 Å². The summed E-state index contributed by atoms with van der Waals surface area (Å²) in [5, 5.41) is 42.9. The van der Waals surface area contributed by atoms with Crippen molar-refractivity contribution < 1.29 is 24.6 Å². The van der Waals surface area contributed by atoms with E-state index in [9.17, 15) is 15.3 Å². The maximum Gasteiger partial charge on any atom is 0.227 e. The molecule has 0 radical (unpaired) electrons. The van der Waals surface area contributed by atoms with Crippen molar-refractivity contribution in [3.8, 4) is 0 Å². The van der Waals surface area contributed by atoms with Crippen LogP contribution in [-0.2, 0) is 17.6 Å². The number of aliphatic hydroxyl groups is 3. The topological polar surface area (TPSA) is 164 Å². The Balaban J connectivity index is 1.33. The van der Waals surface area contributed by atoms with Crippen LogP contribution < -0.4 is 10.6 Å². The summed E-state index contributed by atoms with van der Waals surface area (Å²) in [6.45, 7) is 1.83. The van der Waals surface area contributed by atoms with Crippen molar-refractivity contribution in [1.29, 1.82) is 0 Å². The van der Waals surface area contributed by atoms with E-state index in [1.54, 1.807) is 17.0 Å². The third-order valence-corrected chi connectivity index (χ3v) is 8.64. The van der Waals surface area contributed by atoms with Gasteiger partial charge in [-0.3, -0.25) is 4.57 Å². The Morgan fingerprint density at radius 3 is 2.66 bits per heavy atom. The van der Waals surface area contributed by atoms with Crippen molar-refractivity contribution in [3.63, 3.8) is 0 Å². The van der Waals surface area contributed by atoms with Crippen LogP contribution in [0.25, 0.3) is 11.2 Å². The summed E-state index contributed by atoms with van der Waals surface area (Å²) in [5.41, 5.74) is 2.76. The van der Waals surface area contributed by atoms with Crippen LogP contribution in [0.1, 0.15) is 49.1 Å². The molecule has 1 unspecified atom stereocenters. The number of aryl methyl sites for hydroxylation is 1. The van der Waals surface area contributed by atoms with Gasteiger partial charge in [0.15, 0.2) is 29.0 Å². The lowest BCUT2D eigenvalue weighted by Crippen LogP contribution is -2.30. The number of fused-ring (bicyclic) bond motifs is 1. The largest absolute Gasteiger partial charge is 0.394 e. The van der Waals surface area contributed by atoms with Crippen LogP contribution in [0, 0.1) is 0 Å². The molecule has 0 aliphatic carbocycles. The predicted molar refractivity (Wildman–Crippen MR) is 155 cm³/mol. The molecule has 6 rings (SSSR count). The summed E-state index contributed by atoms with van der Waals surface area (Å²) in [7, 11) is 0. The Morgan fingerprint density at radius 1 is 1.12 bits per heavy atom. The first-order valence-corrected chi connectivity index (χ1v) is 15.2. The third kappa shape index (κ3) is 5.90. The summed E-state index contributed by atoms with van der Waals surface area (Å²) < 4.78 is 13.1. The van der Waals surface area contributed by atoms with E-state index >= 15 is 0 Å². The van der Waals surface area contributed by atoms with Gasteiger partial charge in [0.1, 0.15) is 18.3 Å². The van der Waals surface area contributed by atoms with Gasteiger partial charge in [0, 0.05) is 12.1 Å². The quantitative estimate of drug-likeness (QED) is 0.186. The van der Waals surface area contributed by atoms with E-state index < -0.39 is 24.5 Å². The Hall–Kier alpha value is -3.23. The Kier molecular flexibility index (Phi) is 8.40. The monoisotopic (exact) mass is 581 g/mol. The van der Waals surface area contributed by atoms with Crippen molar-refractivity contribution in [1.82, 2.24) is 24.7 Å². The second-order valence-corrected chi connectivity index (χ2v) is 11.7. The SMILES string of the molecule is CCc1cc([C@H]2O[C@@H](n3cnc4c(NC5CCSCC5)nc(NC(CO)Cc5ccccc5)nc43)[C@H](O)[C@@H]2O)on1. The summed E-state index contributed by atoms with van der Waals surface area (Å²) in [6, 6.07) is 11.5. The first-order valence-electron chi connectivity index (χ1n) is 14.0. The molecule has 218 valence electrons. The lowest BCUT2D eigenvalue weighted by molar-refractivity contribution is -0.0434. The van der Waals surface area contributed by atoms with Gasteiger partial charge in [-0.05, 0) is 42.8 Å². The molecule has 0 bridgehead atoms. The summed E-state index contributed by atoms with van der Waals surface area (Å²) >= 11 is 1.94. The molecule has 2 fully saturated rings. The van der Waals surface area contributed by atoms with Crippen LogP contribution in [0.2, 0.25) is 0 Å². The van der Waals surface area contributed by atoms with Gasteiger partial charge in [-0.15, -0.1) is 0 Å². The molecule has 4 aromatic rings. The van der Waals surface area contributed by atoms with E-state index in [0.29, 0.717) is 41.5 Å². The molecule has 5 atom stereocenters. The minimum Gasteiger partial charge on any atom is -0.394 e. The number of rotatable bonds is 10. The minimum absolute atomic E-state index is 0.118. The molecule has 12 nitrogen and oxygen atoms in total. The van der Waals surface area contributed by atoms with Gasteiger partial charge in [0.05, 0.1) is 24.7 Å². The average Bonchev–Trinajstić information content (AvgIpc) is 3.72. The van der Waals surface area contributed by atoms with Crippen molar-refractivity contribution >= 4 is 34.7 Å². The standard InChI is InChI=1S/C28H35N7O5S/c1-2-17-13-20(40-34-17)24-22(37)23(38)27(39-24)35-15-29-21-25(30-18-8-10-41-11-9-18)32-28(33-26(21)35)31-19(14-36)12-16-6-4-3-5-7-16/h3-7,13,15,18-19,22-24,27,36-38H,2,8-12,14H2,1H3,(H2,30,31,32,33)/t19?,22-,23+,24+,27+/m0/s1. The number of imidazole rings is 1. The Labute approximate surface area is 241 Å². The maximum absolute atomic E-state index is 11.0. The molecule has 1 aromatic carbocycles. The zero-order chi connectivity index (χ0) is 28.3. The molecule has 2 saturated heterocycles. The van der Waals surface area contributed by atoms with E-state index in [4.69, 9.17) is 19.2 Å². The van der Waals surface area contributed by atoms with E-state index in [-0.39, 0.29) is 18.7 Å². The molecule has 13 heteroatoms. The number of benzene rings is 1. The fourth-order valence-electron chi connectivity index (χ4n) is 5.30. The molecule has 5 N–H and O–H groups in total. The lowest BCUT2D eigenvalue weighted by Gasteiger charge is -2.24. The van der Waals surface area contributed by atoms with Gasteiger partial charge >= 0.3 is 0 Å². The van der Waals surface area contributed by atoms with Crippen molar-refractivity contribution in [2.75, 3.05) is 28.7 Å². The van der Waals surface area contributed by atoms with Gasteiger partial charge in [0.25, 0.3) is 0 Å². The van der Waals surface area contributed by atoms with Gasteiger partial charge < -0.3 is 35.2 Å². The van der Waals surface area contributed by atoms with Gasteiger partial charge in [-0.1, -0.05) is 42.4 Å². The highest BCUT2D eigenvalue weighted by Crippen LogP contribution is 2.40. The number of nitrogens with zero attached hydrogens (tertiary/aromatic N) is 5. The van der Waals surface area contributed by atoms with Gasteiger partial charge in [-0.2, -0.15) is 21.7 Å². The van der Waals surface area contributed by atoms with Crippen molar-refractivity contribution in [2.24, 2.45) is 0 Å². The predicted octanol–water partition coefficient (Wildman–Crippen LogP) is 2.69. The molecule has 2 aliphatic rings. The van der Waals surface area contributed by atoms with Crippen molar-refractivity contribution in [3.05, 3.63) is 59.7 Å². The fraction of sp³-hybridized carbons (Fsp3) is 0.500. The van der Waals surface area contributed by atoms with Crippen LogP contribution in [0.5, 0.6) is 0 Å². The fourth-order valence-corrected chi connectivity index (χ4v) is 6.41. The van der Waals surface area contributed by atoms with Crippen LogP contribution in [0.4, 0.5) is 11.8 Å². The number of aliphatic hydroxyl groups excluding tert-OH is 3. The second kappa shape index (κ2) is 12.3. The molecule has 5 heterocycles. The first kappa shape index (κ1) is 27.9. The minimum atomic E-state index is -1.27. The van der Waals surface area contributed by atoms with Crippen LogP contribution in [0.3, 0.4) is 0 Å². The molecule has 0 spiro atoms. The molecule has 2 aliphatic heterocycles. The Morgan fingerprint density at radius 2 is 1.93 bits per heavy atom. The number of anilines is 2. The van der Waals surface area contributed by atoms with E-state index in [0.717, 1.165) is 35.6 Å². The number of ether oxygens (including phenoxy) is 1. The lowest BCUT2D eigenvalue weighted by atomic mass is 10.1. The highest BCUT2D eigenvalue weighted by atomic mass is 32.2. The second-order valence-electron chi connectivity index (χ2n) is 10.5. The molecular weight excluding hydrogens is 546 g/mol. The van der Waals surface area contributed by atoms with Crippen LogP contribution in [-0.4, -0.2) is 82.4 Å². The first-order chi connectivity index (χ1) is 20.0. The highest BCUT2D eigenvalue weighted by Gasteiger charge is 2.47. The van der Waals surface area contributed by atoms with E-state index in [1.165, 1.54) is 0 Å². The van der Waals surface area contributed by atoms with Gasteiger partial charge in [-0.25, -0.2) is 4.98 Å². The smallest absolute Gasteiger partial charge is 0.227 e. The average molecular weight is 582 g/mol. The van der Waals surface area contributed by atoms with Crippen LogP contribution >= 0.6 is 11.8 Å². The molecule has 3 aromatic heterocycles. The highest BCUT2D eigenvalue weighted by molar-refractivity contribution is 7.99. The van der Waals surface area contributed by atoms with E-state index in [2.05, 4.69) is 20.8 Å². The van der Waals surface area contributed by atoms with Crippen LogP contribution in [0.15, 0.2) is 47.2 Å². The normalized spacial score (nSPS) is 24.1. The van der Waals surface area contributed by atoms with E-state index in [1.807, 2.05) is 49.0 Å². The molecular formula is C28H35N7O5S. The number of hydrogen-bond donors (Lipinski definition) is 5. The molecule has 0 amide bonds. The number of aromatic nitrogens is 5. The summed E-state index contributed by atoms with van der Waals surface area (Å²) in [4.78, 5) is 14.1. The number of hydrogen-bond acceptors (Lipinski definition) is 12. The zero-order valence-electron chi connectivity index (χ0n) is 22.8. The molecule has 0 saturated carbocycles. The molecule has 41 heavy (non-hydrogen) atoms. The van der Waals surface area contributed by atoms with Gasteiger partial charge in [0.2, 0.25) is 5.95 Å². The third-order valence-electron chi connectivity index (χ3n) is 7.59. The summed E-state index contributed by atoms with van der Waals surface area (Å²) in [5.74, 6) is 3.36. The maximum atomic E-state index is 11.0. The number of thioether (sulfide) groups is 1. The summed E-state index contributed by atoms with van der Waals surface area (Å²) in [6.07, 6.45) is 0.410.